The number of ether oxygens (including phenoxy) is 1. The van der Waals surface area contributed by atoms with Crippen LogP contribution in [0.15, 0.2) is 24.4 Å². The second-order valence-corrected chi connectivity index (χ2v) is 5.24. The molecule has 0 saturated carbocycles. The average molecular weight is 324 g/mol. The summed E-state index contributed by atoms with van der Waals surface area (Å²) >= 11 is 6.11. The molecule has 0 atom stereocenters. The van der Waals surface area contributed by atoms with Crippen LogP contribution in [0.2, 0.25) is 5.02 Å². The first-order valence-electron chi connectivity index (χ1n) is 6.83. The van der Waals surface area contributed by atoms with E-state index in [1.54, 1.807) is 12.3 Å². The third-order valence-corrected chi connectivity index (χ3v) is 3.64. The van der Waals surface area contributed by atoms with Crippen molar-refractivity contribution in [2.45, 2.75) is 20.6 Å². The van der Waals surface area contributed by atoms with Crippen LogP contribution in [0, 0.1) is 13.8 Å². The van der Waals surface area contributed by atoms with Crippen molar-refractivity contribution in [3.05, 3.63) is 46.2 Å². The minimum Gasteiger partial charge on any atom is -0.471 e. The molecule has 1 heterocycles. The van der Waals surface area contributed by atoms with Crippen LogP contribution in [0.3, 0.4) is 0 Å². The molecular formula is C15H18ClN3O3. The zero-order valence-corrected chi connectivity index (χ0v) is 13.2. The number of nitrogens with zero attached hydrogens (tertiary/aromatic N) is 2. The number of hydrogen-bond donors (Lipinski definition) is 2. The summed E-state index contributed by atoms with van der Waals surface area (Å²) in [5.74, 6) is 0.368. The van der Waals surface area contributed by atoms with Gasteiger partial charge in [-0.15, -0.1) is 0 Å². The van der Waals surface area contributed by atoms with E-state index in [0.717, 1.165) is 16.1 Å². The van der Waals surface area contributed by atoms with Gasteiger partial charge in [-0.05, 0) is 43.2 Å². The third-order valence-electron chi connectivity index (χ3n) is 3.04. The van der Waals surface area contributed by atoms with E-state index in [-0.39, 0.29) is 31.5 Å². The number of amides is 1. The Labute approximate surface area is 133 Å². The maximum atomic E-state index is 11.7. The molecule has 0 spiro atoms. The number of rotatable bonds is 6. The molecule has 0 aliphatic heterocycles. The molecule has 2 N–H and O–H groups in total. The van der Waals surface area contributed by atoms with Gasteiger partial charge in [-0.25, -0.2) is 4.68 Å². The van der Waals surface area contributed by atoms with E-state index in [2.05, 4.69) is 10.4 Å². The summed E-state index contributed by atoms with van der Waals surface area (Å²) < 4.78 is 7.17. The van der Waals surface area contributed by atoms with E-state index in [1.165, 1.54) is 4.68 Å². The number of carbonyl (C=O) groups excluding carboxylic acids is 1. The van der Waals surface area contributed by atoms with Crippen molar-refractivity contribution < 1.29 is 14.6 Å². The van der Waals surface area contributed by atoms with Crippen molar-refractivity contribution in [3.63, 3.8) is 0 Å². The van der Waals surface area contributed by atoms with Crippen molar-refractivity contribution in [1.82, 2.24) is 15.1 Å². The maximum Gasteiger partial charge on any atom is 0.271 e. The topological polar surface area (TPSA) is 76.4 Å². The van der Waals surface area contributed by atoms with Gasteiger partial charge in [0, 0.05) is 17.8 Å². The number of hydrogen-bond acceptors (Lipinski definition) is 4. The smallest absolute Gasteiger partial charge is 0.271 e. The Morgan fingerprint density at radius 1 is 1.41 bits per heavy atom. The molecule has 22 heavy (non-hydrogen) atoms. The van der Waals surface area contributed by atoms with Crippen LogP contribution >= 0.6 is 11.6 Å². The summed E-state index contributed by atoms with van der Waals surface area (Å²) in [7, 11) is 0. The van der Waals surface area contributed by atoms with Gasteiger partial charge < -0.3 is 15.2 Å². The Hall–Kier alpha value is -2.05. The summed E-state index contributed by atoms with van der Waals surface area (Å²) in [4.78, 5) is 11.7. The van der Waals surface area contributed by atoms with Gasteiger partial charge >= 0.3 is 0 Å². The van der Waals surface area contributed by atoms with Gasteiger partial charge in [0.15, 0.2) is 6.73 Å². The van der Waals surface area contributed by atoms with E-state index in [0.29, 0.717) is 5.75 Å². The van der Waals surface area contributed by atoms with Crippen LogP contribution in [-0.2, 0) is 6.73 Å². The van der Waals surface area contributed by atoms with Crippen LogP contribution in [0.5, 0.6) is 5.75 Å². The number of benzene rings is 1. The monoisotopic (exact) mass is 323 g/mol. The molecular weight excluding hydrogens is 306 g/mol. The number of halogens is 1. The lowest BCUT2D eigenvalue weighted by molar-refractivity contribution is 0.0937. The quantitative estimate of drug-likeness (QED) is 0.851. The molecule has 2 rings (SSSR count). The first-order chi connectivity index (χ1) is 10.5. The minimum atomic E-state index is -0.328. The van der Waals surface area contributed by atoms with Crippen molar-refractivity contribution in [1.29, 1.82) is 0 Å². The predicted octanol–water partition coefficient (Wildman–Crippen LogP) is 1.91. The van der Waals surface area contributed by atoms with E-state index in [4.69, 9.17) is 21.4 Å². The zero-order chi connectivity index (χ0) is 16.1. The molecule has 0 aliphatic carbocycles. The molecule has 118 valence electrons. The van der Waals surface area contributed by atoms with E-state index < -0.39 is 0 Å². The highest BCUT2D eigenvalue weighted by Gasteiger charge is 2.09. The number of aromatic nitrogens is 2. The van der Waals surface area contributed by atoms with Crippen LogP contribution in [0.1, 0.15) is 21.6 Å². The number of aliphatic hydroxyl groups is 1. The lowest BCUT2D eigenvalue weighted by atomic mass is 10.1. The molecule has 6 nitrogen and oxygen atoms in total. The molecule has 1 amide bonds. The standard InChI is InChI=1S/C15H18ClN3O3/c1-10-7-12(8-11(2)14(10)16)22-9-19-5-3-13(18-19)15(21)17-4-6-20/h3,5,7-8,20H,4,6,9H2,1-2H3,(H,17,21). The Morgan fingerprint density at radius 2 is 2.09 bits per heavy atom. The van der Waals surface area contributed by atoms with E-state index in [9.17, 15) is 4.79 Å². The average Bonchev–Trinajstić information content (AvgIpc) is 2.97. The molecule has 2 aromatic rings. The predicted molar refractivity (Wildman–Crippen MR) is 83.2 cm³/mol. The molecule has 0 radical (unpaired) electrons. The first-order valence-corrected chi connectivity index (χ1v) is 7.21. The summed E-state index contributed by atoms with van der Waals surface area (Å²) in [5.41, 5.74) is 2.17. The van der Waals surface area contributed by atoms with Gasteiger partial charge in [0.2, 0.25) is 0 Å². The fourth-order valence-corrected chi connectivity index (χ4v) is 2.05. The van der Waals surface area contributed by atoms with Crippen LogP contribution < -0.4 is 10.1 Å². The number of aryl methyl sites for hydroxylation is 2. The van der Waals surface area contributed by atoms with Crippen LogP contribution in [-0.4, -0.2) is 33.9 Å². The summed E-state index contributed by atoms with van der Waals surface area (Å²) in [6.45, 7) is 4.11. The summed E-state index contributed by atoms with van der Waals surface area (Å²) in [6.07, 6.45) is 1.66. The van der Waals surface area contributed by atoms with Crippen molar-refractivity contribution in [2.24, 2.45) is 0 Å². The molecule has 0 bridgehead atoms. The van der Waals surface area contributed by atoms with Gasteiger partial charge in [-0.3, -0.25) is 4.79 Å². The highest BCUT2D eigenvalue weighted by atomic mass is 35.5. The summed E-state index contributed by atoms with van der Waals surface area (Å²) in [5, 5.41) is 16.1. The van der Waals surface area contributed by atoms with Crippen LogP contribution in [0.4, 0.5) is 0 Å². The first kappa shape index (κ1) is 16.3. The lowest BCUT2D eigenvalue weighted by Crippen LogP contribution is -2.26. The Morgan fingerprint density at radius 3 is 2.73 bits per heavy atom. The van der Waals surface area contributed by atoms with Gasteiger partial charge in [0.05, 0.1) is 6.61 Å². The third kappa shape index (κ3) is 3.99. The number of carbonyl (C=O) groups is 1. The van der Waals surface area contributed by atoms with E-state index in [1.807, 2.05) is 26.0 Å². The van der Waals surface area contributed by atoms with Gasteiger partial charge in [-0.1, -0.05) is 11.6 Å². The maximum absolute atomic E-state index is 11.7. The molecule has 7 heteroatoms. The van der Waals surface area contributed by atoms with Gasteiger partial charge in [-0.2, -0.15) is 5.10 Å². The number of nitrogens with one attached hydrogen (secondary N) is 1. The van der Waals surface area contributed by atoms with E-state index >= 15 is 0 Å². The molecule has 0 aliphatic rings. The molecule has 0 unspecified atom stereocenters. The fourth-order valence-electron chi connectivity index (χ4n) is 1.94. The lowest BCUT2D eigenvalue weighted by Gasteiger charge is -2.10. The van der Waals surface area contributed by atoms with Crippen LogP contribution in [0.25, 0.3) is 0 Å². The van der Waals surface area contributed by atoms with Gasteiger partial charge in [0.1, 0.15) is 11.4 Å². The van der Waals surface area contributed by atoms with Gasteiger partial charge in [0.25, 0.3) is 5.91 Å². The molecule has 1 aromatic carbocycles. The zero-order valence-electron chi connectivity index (χ0n) is 12.5. The highest BCUT2D eigenvalue weighted by Crippen LogP contribution is 2.25. The molecule has 0 saturated heterocycles. The molecule has 1 aromatic heterocycles. The second kappa shape index (κ2) is 7.29. The normalized spacial score (nSPS) is 10.5. The fraction of sp³-hybridized carbons (Fsp3) is 0.333. The van der Waals surface area contributed by atoms with Crippen molar-refractivity contribution in [3.8, 4) is 5.75 Å². The minimum absolute atomic E-state index is 0.106. The highest BCUT2D eigenvalue weighted by molar-refractivity contribution is 6.32. The SMILES string of the molecule is Cc1cc(OCn2ccc(C(=O)NCCO)n2)cc(C)c1Cl. The Balaban J connectivity index is 1.98. The Bertz CT molecular complexity index is 647. The van der Waals surface area contributed by atoms with Crippen molar-refractivity contribution in [2.75, 3.05) is 13.2 Å². The molecule has 0 fully saturated rings. The number of aliphatic hydroxyl groups excluding tert-OH is 1. The largest absolute Gasteiger partial charge is 0.471 e. The second-order valence-electron chi connectivity index (χ2n) is 4.86. The summed E-state index contributed by atoms with van der Waals surface area (Å²) in [6, 6.07) is 5.30. The Kier molecular flexibility index (Phi) is 5.41. The van der Waals surface area contributed by atoms with Crippen molar-refractivity contribution >= 4 is 17.5 Å².